The van der Waals surface area contributed by atoms with Crippen molar-refractivity contribution in [3.05, 3.63) is 12.4 Å². The van der Waals surface area contributed by atoms with E-state index >= 15 is 0 Å². The van der Waals surface area contributed by atoms with Crippen LogP contribution in [0, 0.1) is 0 Å². The van der Waals surface area contributed by atoms with Gasteiger partial charge in [0.2, 0.25) is 0 Å². The zero-order chi connectivity index (χ0) is 12.3. The maximum absolute atomic E-state index is 11.7. The highest BCUT2D eigenvalue weighted by Crippen LogP contribution is 2.18. The maximum Gasteiger partial charge on any atom is 0.319 e. The summed E-state index contributed by atoms with van der Waals surface area (Å²) in [4.78, 5) is 11.7. The lowest BCUT2D eigenvalue weighted by Crippen LogP contribution is -2.46. The van der Waals surface area contributed by atoms with Gasteiger partial charge in [0.1, 0.15) is 0 Å². The molecular weight excluding hydrogens is 220 g/mol. The lowest BCUT2D eigenvalue weighted by atomic mass is 9.93. The molecule has 0 saturated heterocycles. The molecule has 0 aliphatic heterocycles. The fourth-order valence-electron chi connectivity index (χ4n) is 2.10. The molecule has 0 bridgehead atoms. The Kier molecular flexibility index (Phi) is 3.63. The highest BCUT2D eigenvalue weighted by Gasteiger charge is 2.24. The van der Waals surface area contributed by atoms with Crippen molar-refractivity contribution in [1.82, 2.24) is 15.1 Å². The van der Waals surface area contributed by atoms with Gasteiger partial charge in [-0.3, -0.25) is 4.68 Å². The molecule has 17 heavy (non-hydrogen) atoms. The SMILES string of the molecule is Cn1cc(NC(=O)NC2CCCCC2O)cn1. The van der Waals surface area contributed by atoms with E-state index in [0.29, 0.717) is 5.69 Å². The summed E-state index contributed by atoms with van der Waals surface area (Å²) < 4.78 is 1.62. The number of aryl methyl sites for hydroxylation is 1. The number of aromatic nitrogens is 2. The number of carbonyl (C=O) groups is 1. The van der Waals surface area contributed by atoms with Crippen molar-refractivity contribution >= 4 is 11.7 Å². The Morgan fingerprint density at radius 1 is 1.53 bits per heavy atom. The van der Waals surface area contributed by atoms with Crippen LogP contribution in [0.15, 0.2) is 12.4 Å². The second-order valence-corrected chi connectivity index (χ2v) is 4.46. The lowest BCUT2D eigenvalue weighted by Gasteiger charge is -2.28. The Balaban J connectivity index is 1.84. The van der Waals surface area contributed by atoms with Gasteiger partial charge in [-0.25, -0.2) is 4.79 Å². The maximum atomic E-state index is 11.7. The zero-order valence-electron chi connectivity index (χ0n) is 9.89. The molecule has 1 aliphatic carbocycles. The van der Waals surface area contributed by atoms with Gasteiger partial charge in [-0.2, -0.15) is 5.10 Å². The number of hydrogen-bond acceptors (Lipinski definition) is 3. The van der Waals surface area contributed by atoms with Crippen LogP contribution in [0.4, 0.5) is 10.5 Å². The number of urea groups is 1. The largest absolute Gasteiger partial charge is 0.391 e. The monoisotopic (exact) mass is 238 g/mol. The minimum absolute atomic E-state index is 0.138. The molecule has 6 nitrogen and oxygen atoms in total. The van der Waals surface area contributed by atoms with Crippen LogP contribution in [0.25, 0.3) is 0 Å². The molecule has 2 amide bonds. The molecule has 1 aromatic rings. The van der Waals surface area contributed by atoms with Crippen LogP contribution in [0.3, 0.4) is 0 Å². The second-order valence-electron chi connectivity index (χ2n) is 4.46. The quantitative estimate of drug-likeness (QED) is 0.714. The van der Waals surface area contributed by atoms with Gasteiger partial charge in [0, 0.05) is 13.2 Å². The summed E-state index contributed by atoms with van der Waals surface area (Å²) >= 11 is 0. The van der Waals surface area contributed by atoms with Crippen molar-refractivity contribution < 1.29 is 9.90 Å². The molecule has 2 unspecified atom stereocenters. The molecule has 1 fully saturated rings. The summed E-state index contributed by atoms with van der Waals surface area (Å²) in [7, 11) is 1.79. The summed E-state index contributed by atoms with van der Waals surface area (Å²) in [6, 6.07) is -0.427. The van der Waals surface area contributed by atoms with Crippen LogP contribution in [0.1, 0.15) is 25.7 Å². The molecule has 3 N–H and O–H groups in total. The van der Waals surface area contributed by atoms with Crippen LogP contribution >= 0.6 is 0 Å². The van der Waals surface area contributed by atoms with Crippen molar-refractivity contribution in [2.75, 3.05) is 5.32 Å². The standard InChI is InChI=1S/C11H18N4O2/c1-15-7-8(6-12-15)13-11(17)14-9-4-2-3-5-10(9)16/h6-7,9-10,16H,2-5H2,1H3,(H2,13,14,17). The Morgan fingerprint density at radius 3 is 2.94 bits per heavy atom. The molecule has 6 heteroatoms. The molecule has 94 valence electrons. The number of aliphatic hydroxyl groups excluding tert-OH is 1. The van der Waals surface area contributed by atoms with Crippen LogP contribution < -0.4 is 10.6 Å². The summed E-state index contributed by atoms with van der Waals surface area (Å²) in [5.41, 5.74) is 0.648. The fraction of sp³-hybridized carbons (Fsp3) is 0.636. The molecule has 0 spiro atoms. The number of aliphatic hydroxyl groups is 1. The average Bonchev–Trinajstić information content (AvgIpc) is 2.67. The molecule has 1 aromatic heterocycles. The predicted molar refractivity (Wildman–Crippen MR) is 63.6 cm³/mol. The van der Waals surface area contributed by atoms with Crippen LogP contribution in [-0.4, -0.2) is 33.1 Å². The summed E-state index contributed by atoms with van der Waals surface area (Å²) in [6.07, 6.45) is 6.55. The van der Waals surface area contributed by atoms with Crippen molar-refractivity contribution in [1.29, 1.82) is 0 Å². The molecular formula is C11H18N4O2. The molecule has 0 aromatic carbocycles. The Hall–Kier alpha value is -1.56. The predicted octanol–water partition coefficient (Wildman–Crippen LogP) is 0.845. The smallest absolute Gasteiger partial charge is 0.319 e. The zero-order valence-corrected chi connectivity index (χ0v) is 9.89. The van der Waals surface area contributed by atoms with Crippen LogP contribution in [0.2, 0.25) is 0 Å². The molecule has 2 atom stereocenters. The average molecular weight is 238 g/mol. The van der Waals surface area contributed by atoms with E-state index in [1.54, 1.807) is 24.1 Å². The summed E-state index contributed by atoms with van der Waals surface area (Å²) in [6.45, 7) is 0. The second kappa shape index (κ2) is 5.18. The van der Waals surface area contributed by atoms with E-state index in [0.717, 1.165) is 25.7 Å². The number of anilines is 1. The Labute approximate surface area is 100 Å². The van der Waals surface area contributed by atoms with Gasteiger partial charge in [-0.05, 0) is 12.8 Å². The lowest BCUT2D eigenvalue weighted by molar-refractivity contribution is 0.0955. The van der Waals surface area contributed by atoms with E-state index < -0.39 is 6.10 Å². The van der Waals surface area contributed by atoms with Gasteiger partial charge in [-0.15, -0.1) is 0 Å². The first-order valence-electron chi connectivity index (χ1n) is 5.89. The number of nitrogens with zero attached hydrogens (tertiary/aromatic N) is 2. The number of carbonyl (C=O) groups excluding carboxylic acids is 1. The number of rotatable bonds is 2. The molecule has 2 rings (SSSR count). The van der Waals surface area contributed by atoms with Crippen molar-refractivity contribution in [3.8, 4) is 0 Å². The van der Waals surface area contributed by atoms with E-state index in [9.17, 15) is 9.90 Å². The van der Waals surface area contributed by atoms with Gasteiger partial charge in [0.05, 0.1) is 24.0 Å². The topological polar surface area (TPSA) is 79.2 Å². The fourth-order valence-corrected chi connectivity index (χ4v) is 2.10. The molecule has 1 aliphatic rings. The normalized spacial score (nSPS) is 24.4. The van der Waals surface area contributed by atoms with Crippen LogP contribution in [-0.2, 0) is 7.05 Å². The number of amides is 2. The third-order valence-electron chi connectivity index (χ3n) is 3.01. The molecule has 1 saturated carbocycles. The number of nitrogens with one attached hydrogen (secondary N) is 2. The third kappa shape index (κ3) is 3.20. The van der Waals surface area contributed by atoms with E-state index in [1.165, 1.54) is 0 Å². The molecule has 1 heterocycles. The van der Waals surface area contributed by atoms with Crippen molar-refractivity contribution in [2.24, 2.45) is 7.05 Å². The van der Waals surface area contributed by atoms with E-state index in [-0.39, 0.29) is 12.1 Å². The van der Waals surface area contributed by atoms with E-state index in [4.69, 9.17) is 0 Å². The third-order valence-corrected chi connectivity index (χ3v) is 3.01. The molecule has 0 radical (unpaired) electrons. The minimum atomic E-state index is -0.427. The van der Waals surface area contributed by atoms with E-state index in [1.807, 2.05) is 0 Å². The van der Waals surface area contributed by atoms with Crippen molar-refractivity contribution in [2.45, 2.75) is 37.8 Å². The van der Waals surface area contributed by atoms with Gasteiger partial charge >= 0.3 is 6.03 Å². The minimum Gasteiger partial charge on any atom is -0.391 e. The first kappa shape index (κ1) is 11.9. The van der Waals surface area contributed by atoms with Gasteiger partial charge in [0.25, 0.3) is 0 Å². The first-order chi connectivity index (χ1) is 8.15. The highest BCUT2D eigenvalue weighted by molar-refractivity contribution is 5.89. The summed E-state index contributed by atoms with van der Waals surface area (Å²) in [5, 5.41) is 19.2. The van der Waals surface area contributed by atoms with Gasteiger partial charge < -0.3 is 15.7 Å². The number of hydrogen-bond donors (Lipinski definition) is 3. The Morgan fingerprint density at radius 2 is 2.29 bits per heavy atom. The van der Waals surface area contributed by atoms with Gasteiger partial charge in [0.15, 0.2) is 0 Å². The van der Waals surface area contributed by atoms with Crippen molar-refractivity contribution in [3.63, 3.8) is 0 Å². The first-order valence-corrected chi connectivity index (χ1v) is 5.89. The highest BCUT2D eigenvalue weighted by atomic mass is 16.3. The summed E-state index contributed by atoms with van der Waals surface area (Å²) in [5.74, 6) is 0. The van der Waals surface area contributed by atoms with E-state index in [2.05, 4.69) is 15.7 Å². The van der Waals surface area contributed by atoms with Crippen LogP contribution in [0.5, 0.6) is 0 Å². The van der Waals surface area contributed by atoms with Gasteiger partial charge in [-0.1, -0.05) is 12.8 Å². The Bertz CT molecular complexity index is 391.